The molecule has 2 rings (SSSR count). The third kappa shape index (κ3) is 3.66. The predicted octanol–water partition coefficient (Wildman–Crippen LogP) is 3.38. The first kappa shape index (κ1) is 15.2. The van der Waals surface area contributed by atoms with Gasteiger partial charge in [-0.05, 0) is 29.8 Å². The van der Waals surface area contributed by atoms with Crippen molar-refractivity contribution in [3.05, 3.63) is 63.1 Å². The molecule has 0 aliphatic heterocycles. The Kier molecular flexibility index (Phi) is 4.69. The van der Waals surface area contributed by atoms with E-state index in [1.807, 2.05) is 12.1 Å². The molecule has 0 aromatic heterocycles. The van der Waals surface area contributed by atoms with E-state index >= 15 is 0 Å². The van der Waals surface area contributed by atoms with Gasteiger partial charge in [-0.15, -0.1) is 0 Å². The number of nitrogens with zero attached hydrogens (tertiary/aromatic N) is 1. The first-order valence-electron chi connectivity index (χ1n) is 6.03. The van der Waals surface area contributed by atoms with Crippen molar-refractivity contribution >= 4 is 34.8 Å². The second-order valence-corrected chi connectivity index (χ2v) is 5.14. The third-order valence-corrected chi connectivity index (χ3v) is 3.64. The normalized spacial score (nSPS) is 9.95. The van der Waals surface area contributed by atoms with Gasteiger partial charge in [0.25, 0.3) is 5.91 Å². The minimum absolute atomic E-state index is 0.230. The van der Waals surface area contributed by atoms with Crippen LogP contribution in [0.15, 0.2) is 36.4 Å². The van der Waals surface area contributed by atoms with Crippen molar-refractivity contribution in [3.8, 4) is 6.07 Å². The number of nitrogen functional groups attached to an aromatic ring is 1. The zero-order valence-electron chi connectivity index (χ0n) is 10.9. The van der Waals surface area contributed by atoms with Crippen LogP contribution in [0.1, 0.15) is 21.5 Å². The number of anilines is 1. The molecule has 0 aliphatic carbocycles. The van der Waals surface area contributed by atoms with Gasteiger partial charge in [0.15, 0.2) is 0 Å². The average molecular weight is 320 g/mol. The van der Waals surface area contributed by atoms with Gasteiger partial charge in [-0.3, -0.25) is 4.79 Å². The average Bonchev–Trinajstić information content (AvgIpc) is 2.50. The molecule has 2 aromatic rings. The van der Waals surface area contributed by atoms with Gasteiger partial charge in [0.1, 0.15) is 0 Å². The molecule has 0 aliphatic rings. The first-order valence-corrected chi connectivity index (χ1v) is 6.78. The Balaban J connectivity index is 2.10. The number of carbonyl (C=O) groups excluding carboxylic acids is 1. The molecule has 0 bridgehead atoms. The Bertz CT molecular complexity index is 715. The zero-order valence-corrected chi connectivity index (χ0v) is 12.4. The predicted molar refractivity (Wildman–Crippen MR) is 83.2 cm³/mol. The van der Waals surface area contributed by atoms with Crippen molar-refractivity contribution in [1.82, 2.24) is 5.32 Å². The Morgan fingerprint density at radius 2 is 2.05 bits per heavy atom. The Hall–Kier alpha value is -2.22. The molecule has 0 saturated heterocycles. The molecule has 1 amide bonds. The molecule has 0 atom stereocenters. The van der Waals surface area contributed by atoms with E-state index in [0.29, 0.717) is 17.7 Å². The number of nitrogens with two attached hydrogens (primary N) is 1. The van der Waals surface area contributed by atoms with E-state index in [0.717, 1.165) is 5.56 Å². The van der Waals surface area contributed by atoms with E-state index in [9.17, 15) is 4.79 Å². The van der Waals surface area contributed by atoms with Crippen LogP contribution in [0.3, 0.4) is 0 Å². The molecule has 0 saturated carbocycles. The molecule has 21 heavy (non-hydrogen) atoms. The summed E-state index contributed by atoms with van der Waals surface area (Å²) in [4.78, 5) is 12.1. The maximum Gasteiger partial charge on any atom is 0.251 e. The van der Waals surface area contributed by atoms with Crippen molar-refractivity contribution < 1.29 is 4.79 Å². The molecule has 0 fully saturated rings. The molecular weight excluding hydrogens is 309 g/mol. The van der Waals surface area contributed by atoms with Gasteiger partial charge in [0, 0.05) is 12.1 Å². The number of rotatable bonds is 3. The second kappa shape index (κ2) is 6.49. The minimum Gasteiger partial charge on any atom is -0.397 e. The Morgan fingerprint density at radius 1 is 1.29 bits per heavy atom. The lowest BCUT2D eigenvalue weighted by Crippen LogP contribution is -2.23. The maximum absolute atomic E-state index is 12.1. The highest BCUT2D eigenvalue weighted by Crippen LogP contribution is 2.29. The summed E-state index contributed by atoms with van der Waals surface area (Å²) in [6.45, 7) is 0.300. The van der Waals surface area contributed by atoms with Crippen molar-refractivity contribution in [2.24, 2.45) is 0 Å². The van der Waals surface area contributed by atoms with Crippen LogP contribution in [0.2, 0.25) is 10.0 Å². The number of benzene rings is 2. The fourth-order valence-corrected chi connectivity index (χ4v) is 2.11. The monoisotopic (exact) mass is 319 g/mol. The highest BCUT2D eigenvalue weighted by molar-refractivity contribution is 6.43. The Labute approximate surface area is 132 Å². The van der Waals surface area contributed by atoms with Gasteiger partial charge in [-0.1, -0.05) is 35.3 Å². The smallest absolute Gasteiger partial charge is 0.251 e. The van der Waals surface area contributed by atoms with Crippen LogP contribution in [0, 0.1) is 11.3 Å². The summed E-state index contributed by atoms with van der Waals surface area (Å²) in [5.74, 6) is -0.317. The number of carbonyl (C=O) groups is 1. The van der Waals surface area contributed by atoms with Crippen LogP contribution >= 0.6 is 23.2 Å². The molecule has 106 valence electrons. The van der Waals surface area contributed by atoms with Gasteiger partial charge >= 0.3 is 0 Å². The van der Waals surface area contributed by atoms with E-state index in [2.05, 4.69) is 5.32 Å². The molecule has 0 unspecified atom stereocenters. The van der Waals surface area contributed by atoms with Crippen molar-refractivity contribution in [2.45, 2.75) is 6.54 Å². The lowest BCUT2D eigenvalue weighted by Gasteiger charge is -2.08. The number of nitrogens with one attached hydrogen (secondary N) is 1. The lowest BCUT2D eigenvalue weighted by molar-refractivity contribution is 0.0951. The first-order chi connectivity index (χ1) is 10.0. The largest absolute Gasteiger partial charge is 0.397 e. The molecule has 3 N–H and O–H groups in total. The summed E-state index contributed by atoms with van der Waals surface area (Å²) in [6, 6.07) is 12.0. The van der Waals surface area contributed by atoms with Crippen LogP contribution < -0.4 is 11.1 Å². The van der Waals surface area contributed by atoms with Crippen LogP contribution in [-0.2, 0) is 6.54 Å². The topological polar surface area (TPSA) is 78.9 Å². The highest BCUT2D eigenvalue weighted by atomic mass is 35.5. The maximum atomic E-state index is 12.1. The molecule has 0 radical (unpaired) electrons. The van der Waals surface area contributed by atoms with E-state index in [1.54, 1.807) is 18.2 Å². The second-order valence-electron chi connectivity index (χ2n) is 4.36. The summed E-state index contributed by atoms with van der Waals surface area (Å²) in [5.41, 5.74) is 7.63. The van der Waals surface area contributed by atoms with E-state index in [-0.39, 0.29) is 21.6 Å². The molecule has 4 nitrogen and oxygen atoms in total. The van der Waals surface area contributed by atoms with E-state index in [1.165, 1.54) is 12.1 Å². The molecule has 6 heteroatoms. The van der Waals surface area contributed by atoms with Crippen molar-refractivity contribution in [1.29, 1.82) is 5.26 Å². The molecule has 0 heterocycles. The van der Waals surface area contributed by atoms with Gasteiger partial charge in [-0.25, -0.2) is 0 Å². The fourth-order valence-electron chi connectivity index (χ4n) is 1.78. The zero-order chi connectivity index (χ0) is 15.4. The number of hydrogen-bond donors (Lipinski definition) is 2. The number of hydrogen-bond acceptors (Lipinski definition) is 3. The van der Waals surface area contributed by atoms with Gasteiger partial charge in [0.05, 0.1) is 27.4 Å². The van der Waals surface area contributed by atoms with Gasteiger partial charge < -0.3 is 11.1 Å². The Morgan fingerprint density at radius 3 is 2.71 bits per heavy atom. The highest BCUT2D eigenvalue weighted by Gasteiger charge is 2.11. The van der Waals surface area contributed by atoms with Gasteiger partial charge in [-0.2, -0.15) is 5.26 Å². The summed E-state index contributed by atoms with van der Waals surface area (Å²) in [6.07, 6.45) is 0. The van der Waals surface area contributed by atoms with Crippen LogP contribution in [-0.4, -0.2) is 5.91 Å². The third-order valence-electron chi connectivity index (χ3n) is 2.83. The van der Waals surface area contributed by atoms with E-state index in [4.69, 9.17) is 34.2 Å². The number of halogens is 2. The number of nitriles is 1. The SMILES string of the molecule is N#Cc1cccc(CNC(=O)c2cc(N)c(Cl)c(Cl)c2)c1. The summed E-state index contributed by atoms with van der Waals surface area (Å²) in [5, 5.41) is 12.0. The molecule has 2 aromatic carbocycles. The summed E-state index contributed by atoms with van der Waals surface area (Å²) >= 11 is 11.7. The van der Waals surface area contributed by atoms with Gasteiger partial charge in [0.2, 0.25) is 0 Å². The number of amides is 1. The quantitative estimate of drug-likeness (QED) is 0.851. The minimum atomic E-state index is -0.317. The summed E-state index contributed by atoms with van der Waals surface area (Å²) < 4.78 is 0. The molecular formula is C15H11Cl2N3O. The van der Waals surface area contributed by atoms with Crippen LogP contribution in [0.5, 0.6) is 0 Å². The summed E-state index contributed by atoms with van der Waals surface area (Å²) in [7, 11) is 0. The van der Waals surface area contributed by atoms with Crippen molar-refractivity contribution in [2.75, 3.05) is 5.73 Å². The fraction of sp³-hybridized carbons (Fsp3) is 0.0667. The van der Waals surface area contributed by atoms with Crippen LogP contribution in [0.25, 0.3) is 0 Å². The van der Waals surface area contributed by atoms with E-state index < -0.39 is 0 Å². The molecule has 0 spiro atoms. The van der Waals surface area contributed by atoms with Crippen molar-refractivity contribution in [3.63, 3.8) is 0 Å². The van der Waals surface area contributed by atoms with Crippen LogP contribution in [0.4, 0.5) is 5.69 Å². The standard InChI is InChI=1S/C15H11Cl2N3O/c16-12-5-11(6-13(19)14(12)17)15(21)20-8-10-3-1-2-9(4-10)7-18/h1-6H,8,19H2,(H,20,21). The lowest BCUT2D eigenvalue weighted by atomic mass is 10.1.